The molecule has 35 heavy (non-hydrogen) atoms. The van der Waals surface area contributed by atoms with Gasteiger partial charge in [-0.2, -0.15) is 0 Å². The monoisotopic (exact) mass is 517 g/mol. The molecule has 0 aliphatic carbocycles. The van der Waals surface area contributed by atoms with E-state index in [1.165, 1.54) is 6.20 Å². The fourth-order valence-electron chi connectivity index (χ4n) is 3.84. The van der Waals surface area contributed by atoms with Crippen LogP contribution in [0.5, 0.6) is 0 Å². The second-order valence-corrected chi connectivity index (χ2v) is 12.6. The molecule has 9 nitrogen and oxygen atoms in total. The number of nitrogens with two attached hydrogens (primary N) is 3. The van der Waals surface area contributed by atoms with Gasteiger partial charge in [0, 0.05) is 30.4 Å². The normalized spacial score (nSPS) is 12.5. The van der Waals surface area contributed by atoms with Crippen molar-refractivity contribution in [1.29, 1.82) is 0 Å². The molecular weight excluding hydrogens is 486 g/mol. The van der Waals surface area contributed by atoms with Crippen LogP contribution in [-0.2, 0) is 44.0 Å². The van der Waals surface area contributed by atoms with Crippen molar-refractivity contribution in [1.82, 2.24) is 9.97 Å². The maximum absolute atomic E-state index is 12.0. The van der Waals surface area contributed by atoms with Crippen molar-refractivity contribution in [2.75, 3.05) is 5.73 Å². The molecule has 0 saturated carbocycles. The quantitative estimate of drug-likeness (QED) is 0.280. The maximum Gasteiger partial charge on any atom is 0.161 e. The fraction of sp³-hybridized carbons (Fsp3) is 0.333. The molecule has 0 saturated heterocycles. The third-order valence-corrected chi connectivity index (χ3v) is 8.53. The van der Waals surface area contributed by atoms with Gasteiger partial charge in [-0.05, 0) is 67.6 Å². The molecule has 0 atom stereocenters. The Morgan fingerprint density at radius 3 is 1.63 bits per heavy atom. The van der Waals surface area contributed by atoms with Crippen LogP contribution >= 0.6 is 0 Å². The molecule has 0 aliphatic rings. The third kappa shape index (κ3) is 5.08. The molecule has 1 aromatic heterocycles. The van der Waals surface area contributed by atoms with Gasteiger partial charge in [0.15, 0.2) is 5.82 Å². The largest absolute Gasteiger partial charge is 0.383 e. The van der Waals surface area contributed by atoms with E-state index in [0.29, 0.717) is 27.8 Å². The Hall–Kier alpha value is -2.86. The predicted octanol–water partition coefficient (Wildman–Crippen LogP) is 2.00. The van der Waals surface area contributed by atoms with Crippen molar-refractivity contribution in [2.45, 2.75) is 50.3 Å². The average Bonchev–Trinajstić information content (AvgIpc) is 2.82. The van der Waals surface area contributed by atoms with Crippen molar-refractivity contribution in [2.24, 2.45) is 11.5 Å². The molecule has 0 aliphatic heterocycles. The van der Waals surface area contributed by atoms with Crippen molar-refractivity contribution < 1.29 is 16.8 Å². The molecule has 1 heterocycles. The molecule has 3 aromatic rings. The Bertz CT molecular complexity index is 1410. The molecule has 188 valence electrons. The topological polar surface area (TPSA) is 172 Å². The number of benzene rings is 2. The zero-order valence-corrected chi connectivity index (χ0v) is 21.9. The molecule has 0 amide bonds. The Balaban J connectivity index is 2.26. The van der Waals surface area contributed by atoms with Crippen molar-refractivity contribution >= 4 is 27.2 Å². The molecule has 6 N–H and O–H groups in total. The van der Waals surface area contributed by atoms with Gasteiger partial charge in [0.05, 0.1) is 9.49 Å². The number of aromatic nitrogens is 2. The molecule has 11 heteroatoms. The van der Waals surface area contributed by atoms with E-state index < -0.39 is 30.9 Å². The van der Waals surface area contributed by atoms with Crippen LogP contribution in [-0.4, -0.2) is 26.8 Å². The first kappa shape index (κ1) is 26.7. The molecule has 0 unspecified atom stereocenters. The van der Waals surface area contributed by atoms with Crippen molar-refractivity contribution in [3.8, 4) is 22.5 Å². The molecule has 2 aromatic carbocycles. The lowest BCUT2D eigenvalue weighted by Gasteiger charge is -2.24. The number of rotatable bonds is 8. The van der Waals surface area contributed by atoms with Crippen molar-refractivity contribution in [3.63, 3.8) is 0 Å². The summed E-state index contributed by atoms with van der Waals surface area (Å²) in [6.07, 6.45) is 1.52. The minimum Gasteiger partial charge on any atom is -0.383 e. The van der Waals surface area contributed by atoms with E-state index in [1.807, 2.05) is 0 Å². The smallest absolute Gasteiger partial charge is 0.161 e. The van der Waals surface area contributed by atoms with Gasteiger partial charge in [-0.25, -0.2) is 26.8 Å². The van der Waals surface area contributed by atoms with E-state index >= 15 is 0 Å². The highest BCUT2D eigenvalue weighted by Crippen LogP contribution is 2.38. The minimum absolute atomic E-state index is 0.121. The summed E-state index contributed by atoms with van der Waals surface area (Å²) in [4.78, 5) is 9.01. The van der Waals surface area contributed by atoms with Gasteiger partial charge in [0.2, 0.25) is 0 Å². The molecule has 0 bridgehead atoms. The minimum atomic E-state index is -2.81. The van der Waals surface area contributed by atoms with E-state index in [1.54, 1.807) is 64.1 Å². The highest BCUT2D eigenvalue weighted by Gasteiger charge is 2.30. The summed E-state index contributed by atoms with van der Waals surface area (Å²) in [6, 6.07) is 10.5. The van der Waals surface area contributed by atoms with Gasteiger partial charge in [-0.1, -0.05) is 24.3 Å². The molecular formula is C24H31N5O4S2. The summed E-state index contributed by atoms with van der Waals surface area (Å²) in [6.45, 7) is 6.95. The summed E-state index contributed by atoms with van der Waals surface area (Å²) in [5.74, 6) is 0.364. The number of hydrogen-bond donors (Lipinski definition) is 5. The van der Waals surface area contributed by atoms with Crippen LogP contribution in [0.3, 0.4) is 0 Å². The zero-order chi connectivity index (χ0) is 26.1. The summed E-state index contributed by atoms with van der Waals surface area (Å²) >= 11 is 0. The van der Waals surface area contributed by atoms with Crippen LogP contribution in [0.25, 0.3) is 22.5 Å². The van der Waals surface area contributed by atoms with E-state index in [9.17, 15) is 16.8 Å². The first-order valence-electron chi connectivity index (χ1n) is 10.9. The zero-order valence-electron chi connectivity index (χ0n) is 20.1. The van der Waals surface area contributed by atoms with E-state index in [4.69, 9.17) is 17.2 Å². The number of hydrogen-bond acceptors (Lipinski definition) is 9. The number of nitrogens with zero attached hydrogens (tertiary/aromatic N) is 2. The summed E-state index contributed by atoms with van der Waals surface area (Å²) in [5, 5.41) is 0. The van der Waals surface area contributed by atoms with Gasteiger partial charge in [0.1, 0.15) is 27.2 Å². The second kappa shape index (κ2) is 10.0. The first-order valence-corrected chi connectivity index (χ1v) is 13.3. The van der Waals surface area contributed by atoms with E-state index in [-0.39, 0.29) is 24.7 Å². The number of nitrogen functional groups attached to an aromatic ring is 1. The summed E-state index contributed by atoms with van der Waals surface area (Å²) in [7, 11) is -5.61. The molecule has 0 spiro atoms. The predicted molar refractivity (Wildman–Crippen MR) is 140 cm³/mol. The van der Waals surface area contributed by atoms with Crippen LogP contribution in [0.1, 0.15) is 49.9 Å². The summed E-state index contributed by atoms with van der Waals surface area (Å²) in [5.41, 5.74) is 22.2. The Morgan fingerprint density at radius 2 is 1.20 bits per heavy atom. The summed E-state index contributed by atoms with van der Waals surface area (Å²) < 4.78 is 45.7. The lowest BCUT2D eigenvalue weighted by Crippen LogP contribution is -2.21. The second-order valence-electron chi connectivity index (χ2n) is 9.29. The first-order chi connectivity index (χ1) is 16.3. The average molecular weight is 518 g/mol. The van der Waals surface area contributed by atoms with Gasteiger partial charge in [-0.3, -0.25) is 0 Å². The van der Waals surface area contributed by atoms with Crippen molar-refractivity contribution in [3.05, 3.63) is 64.8 Å². The molecule has 0 radical (unpaired) electrons. The van der Waals surface area contributed by atoms with Gasteiger partial charge >= 0.3 is 0 Å². The Kier molecular flexibility index (Phi) is 7.65. The molecule has 3 rings (SSSR count). The lowest BCUT2D eigenvalue weighted by molar-refractivity contribution is 0.576. The highest BCUT2D eigenvalue weighted by atomic mass is 32.2. The standard InChI is InChI=1S/C24H31N5O4S2/c1-23(2,34(30)31)19-7-5-14(11-25)9-16(19)18-13-28-22(29-21(18)27)17-10-15(12-26)6-8-20(17)24(3,4)35(32)33/h5-10,13,34-35H,11-12,25-26H2,1-4H3,(H2,27,28,29). The lowest BCUT2D eigenvalue weighted by atomic mass is 9.90. The van der Waals surface area contributed by atoms with E-state index in [0.717, 1.165) is 11.1 Å². The number of anilines is 1. The Morgan fingerprint density at radius 1 is 0.743 bits per heavy atom. The van der Waals surface area contributed by atoms with Crippen LogP contribution < -0.4 is 17.2 Å². The highest BCUT2D eigenvalue weighted by molar-refractivity contribution is 7.73. The fourth-order valence-corrected chi connectivity index (χ4v) is 4.62. The molecule has 0 fully saturated rings. The van der Waals surface area contributed by atoms with Crippen LogP contribution in [0.15, 0.2) is 42.6 Å². The Labute approximate surface area is 208 Å². The SMILES string of the molecule is CC(C)(c1ccc(CN)cc1-c1ncc(-c2cc(CN)ccc2C(C)(C)[SH](=O)=O)c(N)n1)[SH](=O)=O. The van der Waals surface area contributed by atoms with Crippen LogP contribution in [0, 0.1) is 0 Å². The van der Waals surface area contributed by atoms with Crippen LogP contribution in [0.2, 0.25) is 0 Å². The van der Waals surface area contributed by atoms with Gasteiger partial charge < -0.3 is 17.2 Å². The van der Waals surface area contributed by atoms with Crippen LogP contribution in [0.4, 0.5) is 5.82 Å². The van der Waals surface area contributed by atoms with Gasteiger partial charge in [-0.15, -0.1) is 0 Å². The third-order valence-electron chi connectivity index (χ3n) is 6.22. The number of thiol groups is 2. The van der Waals surface area contributed by atoms with Gasteiger partial charge in [0.25, 0.3) is 0 Å². The maximum atomic E-state index is 12.0. The van der Waals surface area contributed by atoms with E-state index in [2.05, 4.69) is 9.97 Å².